The molecule has 1 fully saturated rings. The minimum absolute atomic E-state index is 0.0905. The molecule has 4 N–H and O–H groups in total. The second kappa shape index (κ2) is 14.7. The van der Waals surface area contributed by atoms with Gasteiger partial charge in [0, 0.05) is 60.3 Å². The van der Waals surface area contributed by atoms with Gasteiger partial charge in [0.2, 0.25) is 17.7 Å². The van der Waals surface area contributed by atoms with Crippen molar-refractivity contribution in [2.24, 2.45) is 5.92 Å². The summed E-state index contributed by atoms with van der Waals surface area (Å²) < 4.78 is 27.2. The van der Waals surface area contributed by atoms with Crippen LogP contribution in [0.3, 0.4) is 0 Å². The Balaban J connectivity index is 1.22. The third kappa shape index (κ3) is 8.15. The number of carbonyl (C=O) groups is 4. The second-order valence-corrected chi connectivity index (χ2v) is 11.6. The number of alkyl halides is 2. The van der Waals surface area contributed by atoms with Gasteiger partial charge in [0.1, 0.15) is 11.8 Å². The first-order valence-corrected chi connectivity index (χ1v) is 15.1. The fraction of sp³-hybridized carbons (Fsp3) is 0.455. The van der Waals surface area contributed by atoms with E-state index in [0.717, 1.165) is 35.0 Å². The normalized spacial score (nSPS) is 17.3. The van der Waals surface area contributed by atoms with Crippen molar-refractivity contribution in [1.82, 2.24) is 15.7 Å². The highest BCUT2D eigenvalue weighted by Crippen LogP contribution is 2.38. The monoisotopic (exact) mass is 610 g/mol. The molecule has 0 bridgehead atoms. The Morgan fingerprint density at radius 3 is 2.55 bits per heavy atom. The molecule has 4 rings (SSSR count). The van der Waals surface area contributed by atoms with Crippen molar-refractivity contribution in [1.29, 1.82) is 0 Å². The molecule has 2 aromatic rings. The SMILES string of the molecule is C=C1c2cccc(NC(=O)CCCCC(=O)CC(CCC)Cc3ccc(C(F)(F)NO)cc3)c2CN1C1CCC(=O)NC1=O. The maximum Gasteiger partial charge on any atom is 0.349 e. The van der Waals surface area contributed by atoms with Crippen LogP contribution in [0.15, 0.2) is 49.0 Å². The Bertz CT molecular complexity index is 1400. The predicted molar refractivity (Wildman–Crippen MR) is 161 cm³/mol. The minimum Gasteiger partial charge on any atom is -0.355 e. The van der Waals surface area contributed by atoms with Crippen LogP contribution in [-0.2, 0) is 38.2 Å². The van der Waals surface area contributed by atoms with E-state index in [4.69, 9.17) is 5.21 Å². The predicted octanol–water partition coefficient (Wildman–Crippen LogP) is 5.42. The number of hydrogen-bond donors (Lipinski definition) is 4. The zero-order chi connectivity index (χ0) is 31.9. The van der Waals surface area contributed by atoms with Gasteiger partial charge >= 0.3 is 6.05 Å². The van der Waals surface area contributed by atoms with Gasteiger partial charge < -0.3 is 15.4 Å². The van der Waals surface area contributed by atoms with Crippen LogP contribution in [-0.4, -0.2) is 39.7 Å². The quantitative estimate of drug-likeness (QED) is 0.0918. The molecule has 2 unspecified atom stereocenters. The van der Waals surface area contributed by atoms with Gasteiger partial charge in [0.25, 0.3) is 0 Å². The Labute approximate surface area is 256 Å². The lowest BCUT2D eigenvalue weighted by molar-refractivity contribution is -0.136. The summed E-state index contributed by atoms with van der Waals surface area (Å²) in [6, 6.07) is 7.25. The Morgan fingerprint density at radius 1 is 1.14 bits per heavy atom. The molecule has 0 radical (unpaired) electrons. The van der Waals surface area contributed by atoms with E-state index in [1.807, 2.05) is 30.0 Å². The van der Waals surface area contributed by atoms with Gasteiger partial charge in [0.05, 0.1) is 0 Å². The van der Waals surface area contributed by atoms with E-state index in [2.05, 4.69) is 17.2 Å². The van der Waals surface area contributed by atoms with E-state index in [9.17, 15) is 28.0 Å². The molecule has 0 saturated carbocycles. The van der Waals surface area contributed by atoms with Gasteiger partial charge in [-0.3, -0.25) is 24.5 Å². The summed E-state index contributed by atoms with van der Waals surface area (Å²) in [6.45, 7) is 6.59. The van der Waals surface area contributed by atoms with E-state index in [1.54, 1.807) is 12.1 Å². The largest absolute Gasteiger partial charge is 0.355 e. The van der Waals surface area contributed by atoms with Crippen molar-refractivity contribution in [3.63, 3.8) is 0 Å². The molecule has 3 amide bonds. The molecule has 2 aliphatic heterocycles. The number of fused-ring (bicyclic) bond motifs is 1. The molecule has 236 valence electrons. The summed E-state index contributed by atoms with van der Waals surface area (Å²) in [4.78, 5) is 51.4. The van der Waals surface area contributed by atoms with Gasteiger partial charge in [-0.1, -0.05) is 56.3 Å². The zero-order valence-electron chi connectivity index (χ0n) is 25.0. The number of nitrogens with one attached hydrogen (secondary N) is 3. The molecule has 9 nitrogen and oxygen atoms in total. The summed E-state index contributed by atoms with van der Waals surface area (Å²) in [5.74, 6) is -0.572. The number of halogens is 2. The highest BCUT2D eigenvalue weighted by Gasteiger charge is 2.37. The topological polar surface area (TPSA) is 128 Å². The molecule has 2 atom stereocenters. The smallest absolute Gasteiger partial charge is 0.349 e. The summed E-state index contributed by atoms with van der Waals surface area (Å²) >= 11 is 0. The number of piperidine rings is 1. The zero-order valence-corrected chi connectivity index (χ0v) is 25.0. The Hall–Kier alpha value is -3.96. The first kappa shape index (κ1) is 32.9. The number of benzene rings is 2. The molecule has 2 heterocycles. The molecule has 2 aliphatic rings. The molecule has 11 heteroatoms. The average Bonchev–Trinajstić information content (AvgIpc) is 3.32. The van der Waals surface area contributed by atoms with Gasteiger partial charge in [-0.25, -0.2) is 0 Å². The van der Waals surface area contributed by atoms with Crippen molar-refractivity contribution in [3.8, 4) is 0 Å². The molecule has 0 spiro atoms. The molecular weight excluding hydrogens is 570 g/mol. The molecule has 0 aromatic heterocycles. The van der Waals surface area contributed by atoms with E-state index >= 15 is 0 Å². The van der Waals surface area contributed by atoms with Gasteiger partial charge in [-0.15, -0.1) is 5.48 Å². The molecule has 2 aromatic carbocycles. The van der Waals surface area contributed by atoms with Crippen LogP contribution in [0.1, 0.15) is 87.0 Å². The van der Waals surface area contributed by atoms with Crippen molar-refractivity contribution in [2.45, 2.75) is 89.8 Å². The number of rotatable bonds is 15. The third-order valence-corrected chi connectivity index (χ3v) is 8.33. The number of unbranched alkanes of at least 4 members (excludes halogenated alkanes) is 1. The van der Waals surface area contributed by atoms with E-state index in [0.29, 0.717) is 56.5 Å². The van der Waals surface area contributed by atoms with Crippen molar-refractivity contribution >= 4 is 34.9 Å². The van der Waals surface area contributed by atoms with Crippen LogP contribution in [0, 0.1) is 5.92 Å². The van der Waals surface area contributed by atoms with Crippen LogP contribution in [0.4, 0.5) is 14.5 Å². The molecular formula is C33H40F2N4O5. The Morgan fingerprint density at radius 2 is 1.86 bits per heavy atom. The lowest BCUT2D eigenvalue weighted by Gasteiger charge is -2.31. The fourth-order valence-electron chi connectivity index (χ4n) is 6.02. The first-order chi connectivity index (χ1) is 21.0. The molecule has 0 aliphatic carbocycles. The highest BCUT2D eigenvalue weighted by atomic mass is 19.3. The van der Waals surface area contributed by atoms with Crippen LogP contribution < -0.4 is 16.1 Å². The second-order valence-electron chi connectivity index (χ2n) is 11.6. The number of ketones is 1. The number of anilines is 1. The standard InChI is InChI=1S/C33H40F2N4O5/c1-3-7-23(18-22-12-14-24(15-13-22)33(34,35)38-44)19-25(40)8-4-5-11-30(41)36-28-10-6-9-26-21(2)39(20-27(26)28)29-16-17-31(42)37-32(29)43/h6,9-10,12-15,23,29,38,44H,2-5,7-8,11,16-20H2,1H3,(H,36,41)(H,37,42,43). The van der Waals surface area contributed by atoms with Crippen LogP contribution in [0.2, 0.25) is 0 Å². The van der Waals surface area contributed by atoms with Crippen molar-refractivity contribution < 1.29 is 33.2 Å². The lowest BCUT2D eigenvalue weighted by atomic mass is 9.89. The molecule has 44 heavy (non-hydrogen) atoms. The minimum atomic E-state index is -3.52. The molecule has 1 saturated heterocycles. The van der Waals surface area contributed by atoms with Gasteiger partial charge in [-0.05, 0) is 49.7 Å². The maximum absolute atomic E-state index is 13.6. The van der Waals surface area contributed by atoms with Gasteiger partial charge in [0.15, 0.2) is 0 Å². The van der Waals surface area contributed by atoms with Gasteiger partial charge in [-0.2, -0.15) is 8.78 Å². The summed E-state index contributed by atoms with van der Waals surface area (Å²) in [7, 11) is 0. The Kier molecular flexibility index (Phi) is 11.0. The van der Waals surface area contributed by atoms with Crippen LogP contribution >= 0.6 is 0 Å². The lowest BCUT2D eigenvalue weighted by Crippen LogP contribution is -2.50. The number of hydroxylamine groups is 1. The highest BCUT2D eigenvalue weighted by molar-refractivity contribution is 6.01. The maximum atomic E-state index is 13.6. The number of carbonyl (C=O) groups excluding carboxylic acids is 4. The number of nitrogens with zero attached hydrogens (tertiary/aromatic N) is 1. The summed E-state index contributed by atoms with van der Waals surface area (Å²) in [5, 5.41) is 14.0. The number of amides is 3. The number of imide groups is 1. The van der Waals surface area contributed by atoms with E-state index in [-0.39, 0.29) is 47.8 Å². The van der Waals surface area contributed by atoms with Crippen LogP contribution in [0.5, 0.6) is 0 Å². The summed E-state index contributed by atoms with van der Waals surface area (Å²) in [5.41, 5.74) is 4.59. The average molecular weight is 611 g/mol. The van der Waals surface area contributed by atoms with Crippen molar-refractivity contribution in [2.75, 3.05) is 5.32 Å². The summed E-state index contributed by atoms with van der Waals surface area (Å²) in [6.07, 6.45) is 5.14. The van der Waals surface area contributed by atoms with Crippen LogP contribution in [0.25, 0.3) is 5.70 Å². The van der Waals surface area contributed by atoms with E-state index < -0.39 is 12.1 Å². The number of Topliss-reactive ketones (excluding diaryl/α,β-unsaturated/α-hetero) is 1. The van der Waals surface area contributed by atoms with E-state index in [1.165, 1.54) is 12.1 Å². The first-order valence-electron chi connectivity index (χ1n) is 15.1. The number of hydrogen-bond acceptors (Lipinski definition) is 7. The van der Waals surface area contributed by atoms with Crippen molar-refractivity contribution in [3.05, 3.63) is 71.3 Å². The fourth-order valence-corrected chi connectivity index (χ4v) is 6.02. The third-order valence-electron chi connectivity index (χ3n) is 8.33.